The Labute approximate surface area is 280 Å². The van der Waals surface area contributed by atoms with Crippen LogP contribution in [0.3, 0.4) is 0 Å². The van der Waals surface area contributed by atoms with E-state index in [4.69, 9.17) is 37.9 Å². The minimum absolute atomic E-state index is 0.0795. The molecular weight excluding hydrogens is 656 g/mol. The van der Waals surface area contributed by atoms with E-state index in [0.717, 1.165) is 0 Å². The van der Waals surface area contributed by atoms with E-state index in [2.05, 4.69) is 0 Å². The van der Waals surface area contributed by atoms with Crippen LogP contribution in [0, 0.1) is 5.92 Å². The Hall–Kier alpha value is -2.88. The summed E-state index contributed by atoms with van der Waals surface area (Å²) in [6.45, 7) is -1.18. The number of fused-ring (bicyclic) bond motifs is 1. The highest BCUT2D eigenvalue weighted by Gasteiger charge is 2.59. The predicted octanol–water partition coefficient (Wildman–Crippen LogP) is -2.75. The first-order chi connectivity index (χ1) is 23.4. The van der Waals surface area contributed by atoms with Crippen molar-refractivity contribution in [2.45, 2.75) is 79.2 Å². The van der Waals surface area contributed by atoms with Gasteiger partial charge in [-0.2, -0.15) is 0 Å². The van der Waals surface area contributed by atoms with E-state index < -0.39 is 98.4 Å². The van der Waals surface area contributed by atoms with Gasteiger partial charge in [-0.15, -0.1) is 0 Å². The predicted molar refractivity (Wildman–Crippen MR) is 161 cm³/mol. The summed E-state index contributed by atoms with van der Waals surface area (Å²) in [5.41, 5.74) is -0.300. The van der Waals surface area contributed by atoms with Gasteiger partial charge in [-0.1, -0.05) is 12.1 Å². The molecule has 0 aromatic heterocycles. The lowest BCUT2D eigenvalue weighted by molar-refractivity contribution is -0.277. The molecule has 4 aliphatic heterocycles. The van der Waals surface area contributed by atoms with E-state index in [1.165, 1.54) is 20.3 Å². The Morgan fingerprint density at radius 2 is 1.14 bits per heavy atom. The molecule has 4 heterocycles. The molecule has 0 radical (unpaired) electrons. The second-order valence-electron chi connectivity index (χ2n) is 12.5. The second-order valence-corrected chi connectivity index (χ2v) is 12.5. The Morgan fingerprint density at radius 3 is 1.63 bits per heavy atom. The molecule has 0 unspecified atom stereocenters. The third-order valence-electron chi connectivity index (χ3n) is 9.59. The van der Waals surface area contributed by atoms with Crippen molar-refractivity contribution < 1.29 is 83.9 Å². The van der Waals surface area contributed by atoms with Crippen LogP contribution in [0.5, 0.6) is 23.0 Å². The Balaban J connectivity index is 1.17. The summed E-state index contributed by atoms with van der Waals surface area (Å²) in [5, 5.41) is 92.0. The van der Waals surface area contributed by atoms with Crippen molar-refractivity contribution in [1.29, 1.82) is 0 Å². The van der Waals surface area contributed by atoms with Crippen molar-refractivity contribution in [2.24, 2.45) is 5.92 Å². The maximum Gasteiger partial charge on any atom is 0.229 e. The molecule has 9 N–H and O–H groups in total. The molecule has 4 fully saturated rings. The maximum absolute atomic E-state index is 11.9. The zero-order valence-electron chi connectivity index (χ0n) is 26.6. The van der Waals surface area contributed by atoms with Crippen LogP contribution in [0.25, 0.3) is 0 Å². The standard InChI is InChI=1S/C32H42O17/c1-42-18-7-13(3-5-16(18)46-30-26(39)24(37)22(35)20(9-33)48-30)28-15-11-44-29(32(15,41)12-45-28)14-4-6-17(19(8-14)43-2)47-31-27(40)25(38)23(36)21(10-34)49-31/h3-8,15,20-31,33-41H,9-12H2,1-2H3/t15-,20-,21-,22-,23-,24+,25+,26-,27-,28-,29-,30-,31-,32-/m1/s1. The van der Waals surface area contributed by atoms with Gasteiger partial charge in [0.2, 0.25) is 12.6 Å². The van der Waals surface area contributed by atoms with Crippen LogP contribution in [0.15, 0.2) is 36.4 Å². The molecule has 4 saturated heterocycles. The summed E-state index contributed by atoms with van der Waals surface area (Å²) in [4.78, 5) is 0. The molecular formula is C32H42O17. The van der Waals surface area contributed by atoms with Crippen molar-refractivity contribution in [2.75, 3.05) is 40.6 Å². The molecule has 2 aromatic rings. The minimum atomic E-state index is -1.62. The summed E-state index contributed by atoms with van der Waals surface area (Å²) in [7, 11) is 2.79. The van der Waals surface area contributed by atoms with Crippen LogP contribution in [0.1, 0.15) is 23.3 Å². The van der Waals surface area contributed by atoms with Crippen LogP contribution in [0.4, 0.5) is 0 Å². The zero-order valence-corrected chi connectivity index (χ0v) is 26.6. The lowest BCUT2D eigenvalue weighted by Crippen LogP contribution is -2.60. The Morgan fingerprint density at radius 1 is 0.653 bits per heavy atom. The average Bonchev–Trinajstić information content (AvgIpc) is 3.63. The van der Waals surface area contributed by atoms with Crippen LogP contribution < -0.4 is 18.9 Å². The van der Waals surface area contributed by atoms with Gasteiger partial charge in [-0.25, -0.2) is 0 Å². The number of aliphatic hydroxyl groups excluding tert-OH is 8. The molecule has 0 aliphatic carbocycles. The largest absolute Gasteiger partial charge is 0.493 e. The molecule has 49 heavy (non-hydrogen) atoms. The third-order valence-corrected chi connectivity index (χ3v) is 9.59. The molecule has 14 atom stereocenters. The van der Waals surface area contributed by atoms with Crippen molar-refractivity contribution in [1.82, 2.24) is 0 Å². The van der Waals surface area contributed by atoms with E-state index in [1.54, 1.807) is 30.3 Å². The molecule has 2 aromatic carbocycles. The monoisotopic (exact) mass is 698 g/mol. The topological polar surface area (TPSA) is 256 Å². The fraction of sp³-hybridized carbons (Fsp3) is 0.625. The van der Waals surface area contributed by atoms with E-state index >= 15 is 0 Å². The third kappa shape index (κ3) is 6.44. The lowest BCUT2D eigenvalue weighted by Gasteiger charge is -2.39. The van der Waals surface area contributed by atoms with Gasteiger partial charge in [0.25, 0.3) is 0 Å². The van der Waals surface area contributed by atoms with E-state index in [9.17, 15) is 46.0 Å². The van der Waals surface area contributed by atoms with E-state index in [1.807, 2.05) is 0 Å². The average molecular weight is 699 g/mol. The summed E-state index contributed by atoms with van der Waals surface area (Å²) >= 11 is 0. The SMILES string of the molecule is COc1cc([C@H]2OC[C@]3(O)[C@@H](c4ccc(O[C@@H]5O[C@H](CO)[C@@H](O)[C@H](O)[C@H]5O)c(OC)c4)OC[C@H]23)ccc1O[C@@H]1O[C@H](CO)[C@@H](O)[C@H](O)[C@H]1O. The Bertz CT molecular complexity index is 1440. The van der Waals surface area contributed by atoms with E-state index in [0.29, 0.717) is 11.1 Å². The number of hydrogen-bond donors (Lipinski definition) is 9. The molecule has 17 nitrogen and oxygen atoms in total. The van der Waals surface area contributed by atoms with Gasteiger partial charge in [-0.3, -0.25) is 0 Å². The van der Waals surface area contributed by atoms with Gasteiger partial charge in [0, 0.05) is 5.92 Å². The van der Waals surface area contributed by atoms with Gasteiger partial charge in [-0.05, 0) is 35.4 Å². The quantitative estimate of drug-likeness (QED) is 0.122. The number of aliphatic hydroxyl groups is 9. The molecule has 0 amide bonds. The van der Waals surface area contributed by atoms with Crippen molar-refractivity contribution in [3.8, 4) is 23.0 Å². The van der Waals surface area contributed by atoms with Gasteiger partial charge >= 0.3 is 0 Å². The number of rotatable bonds is 10. The van der Waals surface area contributed by atoms with Gasteiger partial charge < -0.3 is 83.9 Å². The highest BCUT2D eigenvalue weighted by atomic mass is 16.7. The van der Waals surface area contributed by atoms with Crippen molar-refractivity contribution >= 4 is 0 Å². The number of methoxy groups -OCH3 is 2. The first-order valence-corrected chi connectivity index (χ1v) is 15.7. The fourth-order valence-electron chi connectivity index (χ4n) is 6.75. The van der Waals surface area contributed by atoms with E-state index in [-0.39, 0.29) is 36.2 Å². The van der Waals surface area contributed by atoms with Gasteiger partial charge in [0.05, 0.1) is 46.8 Å². The first kappa shape index (κ1) is 35.9. The molecule has 0 spiro atoms. The number of hydrogen-bond acceptors (Lipinski definition) is 17. The smallest absolute Gasteiger partial charge is 0.229 e. The summed E-state index contributed by atoms with van der Waals surface area (Å²) < 4.78 is 45.7. The highest BCUT2D eigenvalue weighted by Crippen LogP contribution is 2.54. The maximum atomic E-state index is 11.9. The first-order valence-electron chi connectivity index (χ1n) is 15.7. The van der Waals surface area contributed by atoms with Crippen LogP contribution in [-0.2, 0) is 18.9 Å². The Kier molecular flexibility index (Phi) is 10.6. The fourth-order valence-corrected chi connectivity index (χ4v) is 6.75. The molecule has 0 saturated carbocycles. The van der Waals surface area contributed by atoms with Crippen LogP contribution in [-0.4, -0.2) is 154 Å². The van der Waals surface area contributed by atoms with Crippen molar-refractivity contribution in [3.63, 3.8) is 0 Å². The summed E-state index contributed by atoms with van der Waals surface area (Å²) in [5.74, 6) is 0.165. The number of ether oxygens (including phenoxy) is 8. The van der Waals surface area contributed by atoms with Crippen LogP contribution >= 0.6 is 0 Å². The highest BCUT2D eigenvalue weighted by molar-refractivity contribution is 5.46. The lowest BCUT2D eigenvalue weighted by atomic mass is 9.81. The van der Waals surface area contributed by atoms with Crippen molar-refractivity contribution in [3.05, 3.63) is 47.5 Å². The number of benzene rings is 2. The summed E-state index contributed by atoms with van der Waals surface area (Å²) in [6, 6.07) is 9.60. The van der Waals surface area contributed by atoms with Crippen LogP contribution in [0.2, 0.25) is 0 Å². The molecule has 17 heteroatoms. The van der Waals surface area contributed by atoms with Gasteiger partial charge in [0.1, 0.15) is 60.5 Å². The summed E-state index contributed by atoms with van der Waals surface area (Å²) in [6.07, 6.45) is -16.2. The molecule has 272 valence electrons. The zero-order chi connectivity index (χ0) is 35.2. The molecule has 4 aliphatic rings. The normalized spacial score (nSPS) is 40.5. The molecule has 0 bridgehead atoms. The molecule has 6 rings (SSSR count). The minimum Gasteiger partial charge on any atom is -0.493 e. The second kappa shape index (κ2) is 14.4. The van der Waals surface area contributed by atoms with Gasteiger partial charge in [0.15, 0.2) is 23.0 Å².